The van der Waals surface area contributed by atoms with Crippen molar-refractivity contribution in [1.29, 1.82) is 0 Å². The lowest BCUT2D eigenvalue weighted by atomic mass is 10.2. The van der Waals surface area contributed by atoms with Crippen LogP contribution >= 0.6 is 0 Å². The molecular formula is C15H13N3O5. The second-order valence-electron chi connectivity index (χ2n) is 4.60. The molecule has 2 aromatic rings. The Morgan fingerprint density at radius 1 is 1.30 bits per heavy atom. The Hall–Kier alpha value is -3.29. The summed E-state index contributed by atoms with van der Waals surface area (Å²) in [6.45, 7) is 1.15. The van der Waals surface area contributed by atoms with Gasteiger partial charge >= 0.3 is 5.97 Å². The lowest BCUT2D eigenvalue weighted by molar-refractivity contribution is -0.384. The van der Waals surface area contributed by atoms with E-state index in [1.807, 2.05) is 0 Å². The molecule has 23 heavy (non-hydrogen) atoms. The van der Waals surface area contributed by atoms with Gasteiger partial charge in [0.15, 0.2) is 6.61 Å². The van der Waals surface area contributed by atoms with Crippen LogP contribution in [0.1, 0.15) is 16.1 Å². The number of aryl methyl sites for hydroxylation is 1. The van der Waals surface area contributed by atoms with Crippen molar-refractivity contribution in [2.75, 3.05) is 11.9 Å². The van der Waals surface area contributed by atoms with E-state index in [1.54, 1.807) is 19.1 Å². The molecule has 0 saturated heterocycles. The van der Waals surface area contributed by atoms with Crippen LogP contribution in [0.5, 0.6) is 0 Å². The summed E-state index contributed by atoms with van der Waals surface area (Å²) in [5, 5.41) is 13.2. The molecule has 1 heterocycles. The molecule has 8 heteroatoms. The number of carbonyl (C=O) groups is 2. The van der Waals surface area contributed by atoms with Gasteiger partial charge in [0, 0.05) is 24.0 Å². The number of anilines is 1. The summed E-state index contributed by atoms with van der Waals surface area (Å²) in [7, 11) is 0. The number of pyridine rings is 1. The van der Waals surface area contributed by atoms with Crippen LogP contribution in [0.4, 0.5) is 11.4 Å². The van der Waals surface area contributed by atoms with Gasteiger partial charge in [-0.2, -0.15) is 0 Å². The van der Waals surface area contributed by atoms with E-state index < -0.39 is 23.4 Å². The molecule has 0 aliphatic carbocycles. The molecule has 0 unspecified atom stereocenters. The van der Waals surface area contributed by atoms with E-state index in [2.05, 4.69) is 10.3 Å². The van der Waals surface area contributed by atoms with E-state index >= 15 is 0 Å². The average molecular weight is 315 g/mol. The van der Waals surface area contributed by atoms with Crippen LogP contribution in [0.15, 0.2) is 42.6 Å². The summed E-state index contributed by atoms with van der Waals surface area (Å²) in [6.07, 6.45) is 1.44. The summed E-state index contributed by atoms with van der Waals surface area (Å²) in [5.74, 6) is -1.26. The number of esters is 1. The largest absolute Gasteiger partial charge is 0.451 e. The number of carbonyl (C=O) groups excluding carboxylic acids is 2. The molecule has 0 fully saturated rings. The van der Waals surface area contributed by atoms with Gasteiger partial charge in [0.05, 0.1) is 4.92 Å². The molecule has 0 aliphatic rings. The number of hydrogen-bond acceptors (Lipinski definition) is 6. The number of amides is 1. The zero-order valence-electron chi connectivity index (χ0n) is 12.2. The molecule has 118 valence electrons. The van der Waals surface area contributed by atoms with Gasteiger partial charge in [-0.25, -0.2) is 9.78 Å². The summed E-state index contributed by atoms with van der Waals surface area (Å²) < 4.78 is 4.84. The van der Waals surface area contributed by atoms with Crippen LogP contribution in [0.25, 0.3) is 0 Å². The number of non-ortho nitro benzene ring substituents is 1. The number of nitrogens with one attached hydrogen (secondary N) is 1. The third-order valence-electron chi connectivity index (χ3n) is 2.90. The normalized spacial score (nSPS) is 9.96. The minimum absolute atomic E-state index is 0.0675. The Morgan fingerprint density at radius 2 is 2.09 bits per heavy atom. The van der Waals surface area contributed by atoms with E-state index in [-0.39, 0.29) is 11.4 Å². The highest BCUT2D eigenvalue weighted by Gasteiger charge is 2.13. The molecular weight excluding hydrogens is 302 g/mol. The Kier molecular flexibility index (Phi) is 4.98. The molecule has 1 aromatic heterocycles. The first-order chi connectivity index (χ1) is 11.0. The van der Waals surface area contributed by atoms with Crippen molar-refractivity contribution in [2.24, 2.45) is 0 Å². The number of rotatable bonds is 5. The first kappa shape index (κ1) is 16.1. The van der Waals surface area contributed by atoms with Gasteiger partial charge in [-0.15, -0.1) is 0 Å². The van der Waals surface area contributed by atoms with Crippen LogP contribution in [0, 0.1) is 17.0 Å². The van der Waals surface area contributed by atoms with Crippen LogP contribution < -0.4 is 5.32 Å². The minimum Gasteiger partial charge on any atom is -0.451 e. The van der Waals surface area contributed by atoms with Crippen molar-refractivity contribution < 1.29 is 19.2 Å². The predicted molar refractivity (Wildman–Crippen MR) is 81.0 cm³/mol. The van der Waals surface area contributed by atoms with Crippen molar-refractivity contribution in [2.45, 2.75) is 6.92 Å². The SMILES string of the molecule is Cc1cc([N+](=O)[O-])ccc1NC(=O)COC(=O)c1ccccn1. The molecule has 0 atom stereocenters. The van der Waals surface area contributed by atoms with E-state index in [4.69, 9.17) is 4.74 Å². The number of nitro benzene ring substituents is 1. The number of hydrogen-bond donors (Lipinski definition) is 1. The van der Waals surface area contributed by atoms with Gasteiger partial charge in [0.25, 0.3) is 11.6 Å². The summed E-state index contributed by atoms with van der Waals surface area (Å²) >= 11 is 0. The Bertz CT molecular complexity index is 746. The van der Waals surface area contributed by atoms with Gasteiger partial charge in [-0.1, -0.05) is 6.07 Å². The predicted octanol–water partition coefficient (Wildman–Crippen LogP) is 2.09. The van der Waals surface area contributed by atoms with Crippen LogP contribution in [-0.4, -0.2) is 28.4 Å². The number of nitrogens with zero attached hydrogens (tertiary/aromatic N) is 2. The quantitative estimate of drug-likeness (QED) is 0.513. The van der Waals surface area contributed by atoms with Crippen LogP contribution in [-0.2, 0) is 9.53 Å². The fourth-order valence-corrected chi connectivity index (χ4v) is 1.78. The van der Waals surface area contributed by atoms with Crippen molar-refractivity contribution in [1.82, 2.24) is 4.98 Å². The molecule has 1 N–H and O–H groups in total. The molecule has 0 aliphatic heterocycles. The van der Waals surface area contributed by atoms with Crippen molar-refractivity contribution in [3.05, 3.63) is 64.0 Å². The standard InChI is InChI=1S/C15H13N3O5/c1-10-8-11(18(21)22)5-6-12(10)17-14(19)9-23-15(20)13-4-2-3-7-16-13/h2-8H,9H2,1H3,(H,17,19). The number of nitro groups is 1. The van der Waals surface area contributed by atoms with E-state index in [1.165, 1.54) is 30.5 Å². The zero-order chi connectivity index (χ0) is 16.8. The first-order valence-electron chi connectivity index (χ1n) is 6.60. The zero-order valence-corrected chi connectivity index (χ0v) is 12.2. The van der Waals surface area contributed by atoms with E-state index in [0.717, 1.165) is 0 Å². The third kappa shape index (κ3) is 4.34. The van der Waals surface area contributed by atoms with Gasteiger partial charge in [0.1, 0.15) is 5.69 Å². The summed E-state index contributed by atoms with van der Waals surface area (Å²) in [6, 6.07) is 8.80. The lowest BCUT2D eigenvalue weighted by Gasteiger charge is -2.08. The second kappa shape index (κ2) is 7.12. The van der Waals surface area contributed by atoms with Gasteiger partial charge in [-0.05, 0) is 30.7 Å². The van der Waals surface area contributed by atoms with Gasteiger partial charge in [-0.3, -0.25) is 14.9 Å². The van der Waals surface area contributed by atoms with Crippen molar-refractivity contribution in [3.8, 4) is 0 Å². The van der Waals surface area contributed by atoms with Crippen molar-refractivity contribution >= 4 is 23.3 Å². The van der Waals surface area contributed by atoms with Crippen molar-refractivity contribution in [3.63, 3.8) is 0 Å². The first-order valence-corrected chi connectivity index (χ1v) is 6.60. The number of ether oxygens (including phenoxy) is 1. The highest BCUT2D eigenvalue weighted by atomic mass is 16.6. The molecule has 1 aromatic carbocycles. The van der Waals surface area contributed by atoms with Crippen LogP contribution in [0.3, 0.4) is 0 Å². The minimum atomic E-state index is -0.707. The average Bonchev–Trinajstić information content (AvgIpc) is 2.55. The highest BCUT2D eigenvalue weighted by Crippen LogP contribution is 2.21. The molecule has 0 bridgehead atoms. The molecule has 8 nitrogen and oxygen atoms in total. The monoisotopic (exact) mass is 315 g/mol. The van der Waals surface area contributed by atoms with Gasteiger partial charge in [0.2, 0.25) is 0 Å². The van der Waals surface area contributed by atoms with Gasteiger partial charge < -0.3 is 10.1 Å². The Morgan fingerprint density at radius 3 is 2.70 bits per heavy atom. The fraction of sp³-hybridized carbons (Fsp3) is 0.133. The lowest BCUT2D eigenvalue weighted by Crippen LogP contribution is -2.21. The second-order valence-corrected chi connectivity index (χ2v) is 4.60. The molecule has 1 amide bonds. The smallest absolute Gasteiger partial charge is 0.357 e. The third-order valence-corrected chi connectivity index (χ3v) is 2.90. The topological polar surface area (TPSA) is 111 Å². The van der Waals surface area contributed by atoms with E-state index in [9.17, 15) is 19.7 Å². The maximum absolute atomic E-state index is 11.8. The Balaban J connectivity index is 1.92. The Labute approximate surface area is 131 Å². The maximum Gasteiger partial charge on any atom is 0.357 e. The van der Waals surface area contributed by atoms with E-state index in [0.29, 0.717) is 11.3 Å². The number of aromatic nitrogens is 1. The number of benzene rings is 1. The van der Waals surface area contributed by atoms with Crippen LogP contribution in [0.2, 0.25) is 0 Å². The molecule has 2 rings (SSSR count). The highest BCUT2D eigenvalue weighted by molar-refractivity contribution is 5.95. The fourth-order valence-electron chi connectivity index (χ4n) is 1.78. The molecule has 0 saturated carbocycles. The summed E-state index contributed by atoms with van der Waals surface area (Å²) in [4.78, 5) is 37.4. The molecule has 0 spiro atoms. The maximum atomic E-state index is 11.8. The summed E-state index contributed by atoms with van der Waals surface area (Å²) in [5.41, 5.74) is 0.979. The molecule has 0 radical (unpaired) electrons.